The smallest absolute Gasteiger partial charge is 0.346 e. The molecule has 0 atom stereocenters. The Morgan fingerprint density at radius 1 is 1.31 bits per heavy atom. The second-order valence-corrected chi connectivity index (χ2v) is 7.82. The van der Waals surface area contributed by atoms with Crippen molar-refractivity contribution in [2.45, 2.75) is 31.9 Å². The minimum Gasteiger partial charge on any atom is -0.471 e. The van der Waals surface area contributed by atoms with Crippen molar-refractivity contribution in [3.05, 3.63) is 40.7 Å². The van der Waals surface area contributed by atoms with Gasteiger partial charge < -0.3 is 25.8 Å². The first-order chi connectivity index (χ1) is 15.4. The van der Waals surface area contributed by atoms with Crippen molar-refractivity contribution in [2.75, 3.05) is 25.5 Å². The van der Waals surface area contributed by atoms with E-state index in [1.807, 2.05) is 0 Å². The van der Waals surface area contributed by atoms with Crippen molar-refractivity contribution in [1.29, 1.82) is 0 Å². The summed E-state index contributed by atoms with van der Waals surface area (Å²) in [6, 6.07) is 3.59. The topological polar surface area (TPSA) is 145 Å². The van der Waals surface area contributed by atoms with Gasteiger partial charge in [-0.05, 0) is 55.5 Å². The van der Waals surface area contributed by atoms with Gasteiger partial charge in [-0.1, -0.05) is 0 Å². The van der Waals surface area contributed by atoms with Crippen LogP contribution in [0.4, 0.5) is 14.2 Å². The van der Waals surface area contributed by atoms with Crippen molar-refractivity contribution >= 4 is 34.4 Å². The zero-order valence-electron chi connectivity index (χ0n) is 17.4. The van der Waals surface area contributed by atoms with Gasteiger partial charge in [0.1, 0.15) is 17.4 Å². The maximum absolute atomic E-state index is 14.3. The number of benzene rings is 1. The summed E-state index contributed by atoms with van der Waals surface area (Å²) in [5.74, 6) is -1.75. The predicted molar refractivity (Wildman–Crippen MR) is 115 cm³/mol. The highest BCUT2D eigenvalue weighted by Crippen LogP contribution is 2.32. The molecule has 1 aliphatic rings. The monoisotopic (exact) mass is 465 g/mol. The Kier molecular flexibility index (Phi) is 7.95. The lowest BCUT2D eigenvalue weighted by Crippen LogP contribution is -2.30. The van der Waals surface area contributed by atoms with E-state index in [0.29, 0.717) is 25.1 Å². The van der Waals surface area contributed by atoms with E-state index in [0.717, 1.165) is 24.4 Å². The van der Waals surface area contributed by atoms with Gasteiger partial charge in [-0.2, -0.15) is 4.37 Å². The second-order valence-electron chi connectivity index (χ2n) is 7.05. The first-order valence-corrected chi connectivity index (χ1v) is 10.7. The maximum atomic E-state index is 14.3. The summed E-state index contributed by atoms with van der Waals surface area (Å²) in [5, 5.41) is 8.07. The molecule has 10 nitrogen and oxygen atoms in total. The van der Waals surface area contributed by atoms with E-state index < -0.39 is 17.8 Å². The van der Waals surface area contributed by atoms with E-state index in [1.165, 1.54) is 25.3 Å². The highest BCUT2D eigenvalue weighted by atomic mass is 32.1. The number of nitrogens with two attached hydrogens (primary N) is 1. The maximum Gasteiger partial charge on any atom is 0.346 e. The molecule has 5 N–H and O–H groups in total. The number of carbonyl (C=O) groups excluding carboxylic acids is 3. The van der Waals surface area contributed by atoms with Crippen LogP contribution in [0.3, 0.4) is 0 Å². The van der Waals surface area contributed by atoms with E-state index in [-0.39, 0.29) is 40.6 Å². The molecule has 0 aliphatic heterocycles. The number of nitrogens with one attached hydrogen (secondary N) is 3. The van der Waals surface area contributed by atoms with Gasteiger partial charge in [-0.3, -0.25) is 10.1 Å². The number of ether oxygens (including phenoxy) is 2. The average molecular weight is 466 g/mol. The van der Waals surface area contributed by atoms with Gasteiger partial charge in [0.2, 0.25) is 5.88 Å². The molecule has 172 valence electrons. The van der Waals surface area contributed by atoms with Gasteiger partial charge >= 0.3 is 12.0 Å². The number of rotatable bonds is 10. The number of aromatic nitrogens is 1. The lowest BCUT2D eigenvalue weighted by atomic mass is 10.1. The Hall–Kier alpha value is -3.25. The fourth-order valence-electron chi connectivity index (χ4n) is 2.66. The van der Waals surface area contributed by atoms with Crippen molar-refractivity contribution in [1.82, 2.24) is 15.0 Å². The van der Waals surface area contributed by atoms with Crippen LogP contribution in [0, 0.1) is 5.82 Å². The summed E-state index contributed by atoms with van der Waals surface area (Å²) in [7, 11) is 1.18. The summed E-state index contributed by atoms with van der Waals surface area (Å²) >= 11 is 0.818. The molecule has 1 aromatic carbocycles. The Bertz CT molecular complexity index is 995. The molecule has 12 heteroatoms. The van der Waals surface area contributed by atoms with Crippen LogP contribution in [0.1, 0.15) is 45.5 Å². The molecule has 0 saturated heterocycles. The Balaban J connectivity index is 1.71. The Morgan fingerprint density at radius 3 is 2.78 bits per heavy atom. The minimum absolute atomic E-state index is 0.0884. The number of urea groups is 1. The van der Waals surface area contributed by atoms with Gasteiger partial charge in [-0.15, -0.1) is 0 Å². The second kappa shape index (κ2) is 10.9. The normalized spacial score (nSPS) is 12.7. The standard InChI is InChI=1S/C20H24FN5O5S/c1-30-19(28)15-17(26-32-18(15)25-20(29)23-8-2-7-22)31-10-12-9-11(3-6-14(12)21)16(27)24-13-4-5-13/h3,6,9,13H,2,4-5,7-8,10,22H2,1H3,(H,24,27)(H2,23,25,29). The number of methoxy groups -OCH3 is 1. The SMILES string of the molecule is COC(=O)c1c(OCc2cc(C(=O)NC3CC3)ccc2F)nsc1NC(=O)NCCCN. The third-order valence-electron chi connectivity index (χ3n) is 4.53. The van der Waals surface area contributed by atoms with Crippen molar-refractivity contribution < 1.29 is 28.2 Å². The van der Waals surface area contributed by atoms with Crippen LogP contribution in [0.15, 0.2) is 18.2 Å². The number of carbonyl (C=O) groups is 3. The van der Waals surface area contributed by atoms with Gasteiger partial charge in [0.25, 0.3) is 5.91 Å². The lowest BCUT2D eigenvalue weighted by Gasteiger charge is -2.10. The number of hydrogen-bond donors (Lipinski definition) is 4. The Labute approximate surface area is 187 Å². The predicted octanol–water partition coefficient (Wildman–Crippen LogP) is 2.01. The van der Waals surface area contributed by atoms with Crippen LogP contribution in [-0.2, 0) is 11.3 Å². The molecule has 0 bridgehead atoms. The largest absolute Gasteiger partial charge is 0.471 e. The summed E-state index contributed by atoms with van der Waals surface area (Å²) in [6.45, 7) is 0.500. The molecule has 1 aliphatic carbocycles. The van der Waals surface area contributed by atoms with Crippen LogP contribution in [0.2, 0.25) is 0 Å². The zero-order chi connectivity index (χ0) is 23.1. The van der Waals surface area contributed by atoms with Crippen LogP contribution < -0.4 is 26.4 Å². The zero-order valence-corrected chi connectivity index (χ0v) is 18.2. The minimum atomic E-state index is -0.774. The molecule has 1 fully saturated rings. The molecule has 1 heterocycles. The summed E-state index contributed by atoms with van der Waals surface area (Å²) in [4.78, 5) is 36.5. The number of anilines is 1. The van der Waals surface area contributed by atoms with E-state index in [9.17, 15) is 18.8 Å². The first kappa shape index (κ1) is 23.4. The Morgan fingerprint density at radius 2 is 2.09 bits per heavy atom. The number of hydrogen-bond acceptors (Lipinski definition) is 8. The summed E-state index contributed by atoms with van der Waals surface area (Å²) in [5.41, 5.74) is 5.72. The molecule has 32 heavy (non-hydrogen) atoms. The van der Waals surface area contributed by atoms with E-state index in [4.69, 9.17) is 15.2 Å². The highest BCUT2D eigenvalue weighted by molar-refractivity contribution is 7.11. The summed E-state index contributed by atoms with van der Waals surface area (Å²) in [6.07, 6.45) is 2.46. The van der Waals surface area contributed by atoms with E-state index in [1.54, 1.807) is 0 Å². The van der Waals surface area contributed by atoms with Gasteiger partial charge in [0, 0.05) is 23.7 Å². The van der Waals surface area contributed by atoms with E-state index >= 15 is 0 Å². The first-order valence-electron chi connectivity index (χ1n) is 9.98. The molecule has 0 unspecified atom stereocenters. The van der Waals surface area contributed by atoms with Crippen molar-refractivity contribution in [3.8, 4) is 5.88 Å². The fraction of sp³-hybridized carbons (Fsp3) is 0.400. The molecular weight excluding hydrogens is 441 g/mol. The van der Waals surface area contributed by atoms with E-state index in [2.05, 4.69) is 20.3 Å². The molecule has 0 radical (unpaired) electrons. The highest BCUT2D eigenvalue weighted by Gasteiger charge is 2.26. The molecule has 1 aromatic heterocycles. The lowest BCUT2D eigenvalue weighted by molar-refractivity contribution is 0.0596. The van der Waals surface area contributed by atoms with Crippen LogP contribution in [0.25, 0.3) is 0 Å². The van der Waals surface area contributed by atoms with Crippen molar-refractivity contribution in [3.63, 3.8) is 0 Å². The molecular formula is C20H24FN5O5S. The van der Waals surface area contributed by atoms with Crippen LogP contribution in [-0.4, -0.2) is 48.5 Å². The molecule has 3 rings (SSSR count). The molecule has 3 amide bonds. The summed E-state index contributed by atoms with van der Waals surface area (Å²) < 4.78 is 28.6. The molecule has 2 aromatic rings. The van der Waals surface area contributed by atoms with Gasteiger partial charge in [0.05, 0.1) is 7.11 Å². The number of nitrogens with zero attached hydrogens (tertiary/aromatic N) is 1. The van der Waals surface area contributed by atoms with Crippen molar-refractivity contribution in [2.24, 2.45) is 5.73 Å². The quantitative estimate of drug-likeness (QED) is 0.310. The third-order valence-corrected chi connectivity index (χ3v) is 5.27. The third kappa shape index (κ3) is 6.14. The number of esters is 1. The van der Waals surface area contributed by atoms with Gasteiger partial charge in [0.15, 0.2) is 5.56 Å². The fourth-order valence-corrected chi connectivity index (χ4v) is 3.38. The van der Waals surface area contributed by atoms with Gasteiger partial charge in [-0.25, -0.2) is 14.0 Å². The number of amides is 3. The molecule has 1 saturated carbocycles. The average Bonchev–Trinajstić information content (AvgIpc) is 3.51. The van der Waals surface area contributed by atoms with Crippen LogP contribution >= 0.6 is 11.5 Å². The number of halogens is 1. The molecule has 0 spiro atoms. The van der Waals surface area contributed by atoms with Crippen LogP contribution in [0.5, 0.6) is 5.88 Å².